The number of benzene rings is 1. The van der Waals surface area contributed by atoms with Gasteiger partial charge in [0, 0.05) is 12.0 Å². The highest BCUT2D eigenvalue weighted by atomic mass is 79.9. The van der Waals surface area contributed by atoms with E-state index >= 15 is 0 Å². The van der Waals surface area contributed by atoms with Crippen LogP contribution in [0.25, 0.3) is 0 Å². The number of nitrogens with two attached hydrogens (primary N) is 1. The van der Waals surface area contributed by atoms with Crippen molar-refractivity contribution in [3.63, 3.8) is 0 Å². The monoisotopic (exact) mass is 403 g/mol. The normalized spacial score (nSPS) is 13.4. The van der Waals surface area contributed by atoms with Crippen molar-refractivity contribution in [2.75, 3.05) is 6.61 Å². The predicted octanol–water partition coefficient (Wildman–Crippen LogP) is 4.18. The Labute approximate surface area is 157 Å². The van der Waals surface area contributed by atoms with Gasteiger partial charge in [-0.25, -0.2) is 0 Å². The zero-order valence-electron chi connectivity index (χ0n) is 14.8. The number of unbranched alkanes of at least 4 members (excludes halogenated alkanes) is 5. The van der Waals surface area contributed by atoms with Crippen LogP contribution in [0.3, 0.4) is 0 Å². The van der Waals surface area contributed by atoms with Gasteiger partial charge in [-0.3, -0.25) is 0 Å². The third-order valence-corrected chi connectivity index (χ3v) is 4.23. The number of rotatable bonds is 13. The molecule has 4 nitrogen and oxygen atoms in total. The molecule has 0 saturated heterocycles. The molecule has 0 bridgehead atoms. The Balaban J connectivity index is 0.00000529. The lowest BCUT2D eigenvalue weighted by Crippen LogP contribution is -2.44. The first-order valence-corrected chi connectivity index (χ1v) is 8.88. The highest BCUT2D eigenvalue weighted by Crippen LogP contribution is 2.23. The Morgan fingerprint density at radius 3 is 2.25 bits per heavy atom. The molecule has 1 aromatic rings. The van der Waals surface area contributed by atoms with E-state index in [9.17, 15) is 10.2 Å². The molecule has 0 aliphatic heterocycles. The van der Waals surface area contributed by atoms with E-state index in [0.29, 0.717) is 13.0 Å². The molecule has 0 aliphatic rings. The molecule has 0 fully saturated rings. The average Bonchev–Trinajstić information content (AvgIpc) is 2.51. The standard InChI is InChI=1S/C19H33NO3.BrH/c1-2-3-4-5-6-10-13-19(20,16-18(21)22)14-15-23-17-11-8-7-9-12-17;/h7-9,11-12,18,21-22H,2-6,10,13-16,20H2,1H3;1H. The Kier molecular flexibility index (Phi) is 13.3. The van der Waals surface area contributed by atoms with E-state index in [1.807, 2.05) is 30.3 Å². The molecule has 5 heteroatoms. The molecule has 1 unspecified atom stereocenters. The molecule has 1 aromatic carbocycles. The van der Waals surface area contributed by atoms with Crippen molar-refractivity contribution < 1.29 is 14.9 Å². The van der Waals surface area contributed by atoms with Crippen LogP contribution in [0.15, 0.2) is 30.3 Å². The van der Waals surface area contributed by atoms with E-state index < -0.39 is 11.8 Å². The van der Waals surface area contributed by atoms with Gasteiger partial charge in [0.25, 0.3) is 0 Å². The molecular formula is C19H34BrNO3. The molecular weight excluding hydrogens is 370 g/mol. The van der Waals surface area contributed by atoms with Crippen molar-refractivity contribution in [1.29, 1.82) is 0 Å². The van der Waals surface area contributed by atoms with E-state index in [1.54, 1.807) is 0 Å². The first-order chi connectivity index (χ1) is 11.1. The second-order valence-electron chi connectivity index (χ2n) is 6.48. The first kappa shape index (κ1) is 23.4. The van der Waals surface area contributed by atoms with Crippen LogP contribution in [0.1, 0.15) is 64.7 Å². The fourth-order valence-electron chi connectivity index (χ4n) is 2.84. The predicted molar refractivity (Wildman–Crippen MR) is 105 cm³/mol. The molecule has 0 saturated carbocycles. The fourth-order valence-corrected chi connectivity index (χ4v) is 2.84. The Morgan fingerprint density at radius 2 is 1.62 bits per heavy atom. The fraction of sp³-hybridized carbons (Fsp3) is 0.684. The van der Waals surface area contributed by atoms with Gasteiger partial charge in [0.15, 0.2) is 6.29 Å². The lowest BCUT2D eigenvalue weighted by atomic mass is 9.86. The number of halogens is 1. The van der Waals surface area contributed by atoms with Gasteiger partial charge in [0.05, 0.1) is 6.61 Å². The van der Waals surface area contributed by atoms with E-state index in [2.05, 4.69) is 6.92 Å². The number of hydrogen-bond donors (Lipinski definition) is 3. The van der Waals surface area contributed by atoms with Crippen molar-refractivity contribution in [3.05, 3.63) is 30.3 Å². The van der Waals surface area contributed by atoms with Crippen LogP contribution in [-0.4, -0.2) is 28.6 Å². The van der Waals surface area contributed by atoms with Crippen LogP contribution in [0.2, 0.25) is 0 Å². The second kappa shape index (κ2) is 13.6. The number of para-hydroxylation sites is 1. The summed E-state index contributed by atoms with van der Waals surface area (Å²) in [4.78, 5) is 0. The highest BCUT2D eigenvalue weighted by molar-refractivity contribution is 8.93. The molecule has 0 aliphatic carbocycles. The van der Waals surface area contributed by atoms with Gasteiger partial charge in [0.2, 0.25) is 0 Å². The van der Waals surface area contributed by atoms with Crippen molar-refractivity contribution >= 4 is 17.0 Å². The number of aliphatic hydroxyl groups excluding tert-OH is 1. The molecule has 24 heavy (non-hydrogen) atoms. The van der Waals surface area contributed by atoms with Crippen LogP contribution in [-0.2, 0) is 0 Å². The number of ether oxygens (including phenoxy) is 1. The summed E-state index contributed by atoms with van der Waals surface area (Å²) in [5, 5.41) is 18.6. The van der Waals surface area contributed by atoms with Crippen LogP contribution < -0.4 is 10.5 Å². The third kappa shape index (κ3) is 11.0. The van der Waals surface area contributed by atoms with Crippen LogP contribution >= 0.6 is 17.0 Å². The van der Waals surface area contributed by atoms with Crippen LogP contribution in [0.5, 0.6) is 5.75 Å². The quantitative estimate of drug-likeness (QED) is 0.341. The third-order valence-electron chi connectivity index (χ3n) is 4.23. The highest BCUT2D eigenvalue weighted by Gasteiger charge is 2.27. The topological polar surface area (TPSA) is 75.7 Å². The number of aliphatic hydroxyl groups is 2. The zero-order valence-corrected chi connectivity index (χ0v) is 16.5. The summed E-state index contributed by atoms with van der Waals surface area (Å²) in [7, 11) is 0. The van der Waals surface area contributed by atoms with Gasteiger partial charge < -0.3 is 20.7 Å². The summed E-state index contributed by atoms with van der Waals surface area (Å²) in [5.41, 5.74) is 5.83. The maximum Gasteiger partial charge on any atom is 0.153 e. The number of hydrogen-bond acceptors (Lipinski definition) is 4. The maximum absolute atomic E-state index is 9.31. The molecule has 140 valence electrons. The van der Waals surface area contributed by atoms with Crippen molar-refractivity contribution in [1.82, 2.24) is 0 Å². The molecule has 4 N–H and O–H groups in total. The lowest BCUT2D eigenvalue weighted by Gasteiger charge is -2.30. The van der Waals surface area contributed by atoms with Gasteiger partial charge >= 0.3 is 0 Å². The van der Waals surface area contributed by atoms with Gasteiger partial charge in [-0.05, 0) is 25.0 Å². The van der Waals surface area contributed by atoms with Gasteiger partial charge in [-0.1, -0.05) is 63.6 Å². The van der Waals surface area contributed by atoms with Gasteiger partial charge in [-0.15, -0.1) is 17.0 Å². The SMILES string of the molecule is Br.CCCCCCCCC(N)(CCOc1ccccc1)CC(O)O. The Hall–Kier alpha value is -0.620. The molecule has 1 atom stereocenters. The average molecular weight is 404 g/mol. The van der Waals surface area contributed by atoms with Gasteiger partial charge in [-0.2, -0.15) is 0 Å². The van der Waals surface area contributed by atoms with E-state index in [-0.39, 0.29) is 23.4 Å². The van der Waals surface area contributed by atoms with Crippen LogP contribution in [0.4, 0.5) is 0 Å². The zero-order chi connectivity index (χ0) is 17.0. The molecule has 0 radical (unpaired) electrons. The van der Waals surface area contributed by atoms with Gasteiger partial charge in [0.1, 0.15) is 5.75 Å². The summed E-state index contributed by atoms with van der Waals surface area (Å²) >= 11 is 0. The van der Waals surface area contributed by atoms with Crippen molar-refractivity contribution in [3.8, 4) is 5.75 Å². The van der Waals surface area contributed by atoms with E-state index in [1.165, 1.54) is 25.7 Å². The van der Waals surface area contributed by atoms with Crippen molar-refractivity contribution in [2.24, 2.45) is 5.73 Å². The van der Waals surface area contributed by atoms with Crippen molar-refractivity contribution in [2.45, 2.75) is 76.5 Å². The minimum absolute atomic E-state index is 0. The Bertz CT molecular complexity index is 403. The Morgan fingerprint density at radius 1 is 1.00 bits per heavy atom. The smallest absolute Gasteiger partial charge is 0.153 e. The lowest BCUT2D eigenvalue weighted by molar-refractivity contribution is -0.0624. The van der Waals surface area contributed by atoms with Crippen LogP contribution in [0, 0.1) is 0 Å². The molecule has 0 amide bonds. The molecule has 0 heterocycles. The molecule has 0 spiro atoms. The minimum Gasteiger partial charge on any atom is -0.494 e. The second-order valence-corrected chi connectivity index (χ2v) is 6.48. The summed E-state index contributed by atoms with van der Waals surface area (Å²) < 4.78 is 5.70. The van der Waals surface area contributed by atoms with E-state index in [0.717, 1.165) is 25.0 Å². The summed E-state index contributed by atoms with van der Waals surface area (Å²) in [6.07, 6.45) is 7.46. The summed E-state index contributed by atoms with van der Waals surface area (Å²) in [6, 6.07) is 9.62. The van der Waals surface area contributed by atoms with E-state index in [4.69, 9.17) is 10.5 Å². The molecule has 1 rings (SSSR count). The molecule has 0 aromatic heterocycles. The summed E-state index contributed by atoms with van der Waals surface area (Å²) in [5.74, 6) is 0.818. The largest absolute Gasteiger partial charge is 0.494 e. The minimum atomic E-state index is -1.36. The summed E-state index contributed by atoms with van der Waals surface area (Å²) in [6.45, 7) is 2.70. The maximum atomic E-state index is 9.31. The first-order valence-electron chi connectivity index (χ1n) is 8.88.